The second-order valence-corrected chi connectivity index (χ2v) is 6.98. The van der Waals surface area contributed by atoms with E-state index in [1.54, 1.807) is 30.7 Å². The Morgan fingerprint density at radius 1 is 1.29 bits per heavy atom. The van der Waals surface area contributed by atoms with Gasteiger partial charge in [0.05, 0.1) is 38.6 Å². The van der Waals surface area contributed by atoms with Crippen molar-refractivity contribution in [2.75, 3.05) is 5.32 Å². The van der Waals surface area contributed by atoms with Gasteiger partial charge in [-0.3, -0.25) is 24.3 Å². The molecule has 0 spiro atoms. The molecule has 1 amide bonds. The van der Waals surface area contributed by atoms with Crippen LogP contribution in [0.3, 0.4) is 0 Å². The Kier molecular flexibility index (Phi) is 5.39. The predicted molar refractivity (Wildman–Crippen MR) is 105 cm³/mol. The number of benzene rings is 1. The number of carbonyl (C=O) groups is 1. The van der Waals surface area contributed by atoms with Crippen LogP contribution >= 0.6 is 23.2 Å². The molecule has 3 rings (SSSR count). The summed E-state index contributed by atoms with van der Waals surface area (Å²) < 4.78 is 2.88. The molecule has 11 heteroatoms. The van der Waals surface area contributed by atoms with Crippen molar-refractivity contribution in [2.45, 2.75) is 20.4 Å². The molecule has 9 nitrogen and oxygen atoms in total. The fourth-order valence-corrected chi connectivity index (χ4v) is 3.16. The van der Waals surface area contributed by atoms with Gasteiger partial charge in [0.25, 0.3) is 5.91 Å². The first-order valence-electron chi connectivity index (χ1n) is 8.14. The molecule has 0 unspecified atom stereocenters. The van der Waals surface area contributed by atoms with Crippen LogP contribution in [0.4, 0.5) is 11.4 Å². The van der Waals surface area contributed by atoms with Gasteiger partial charge in [0.15, 0.2) is 0 Å². The average molecular weight is 423 g/mol. The second-order valence-electron chi connectivity index (χ2n) is 6.17. The number of nitro groups is 1. The summed E-state index contributed by atoms with van der Waals surface area (Å²) in [7, 11) is 1.47. The third-order valence-corrected chi connectivity index (χ3v) is 5.01. The lowest BCUT2D eigenvalue weighted by atomic mass is 10.2. The van der Waals surface area contributed by atoms with E-state index in [0.717, 1.165) is 16.4 Å². The fourth-order valence-electron chi connectivity index (χ4n) is 2.84. The third-order valence-electron chi connectivity index (χ3n) is 4.27. The fraction of sp³-hybridized carbons (Fsp3) is 0.235. The summed E-state index contributed by atoms with van der Waals surface area (Å²) in [6.45, 7) is 3.96. The van der Waals surface area contributed by atoms with Crippen LogP contribution in [-0.4, -0.2) is 30.4 Å². The van der Waals surface area contributed by atoms with Crippen molar-refractivity contribution in [1.29, 1.82) is 0 Å². The summed E-state index contributed by atoms with van der Waals surface area (Å²) in [5, 5.41) is 23.0. The van der Waals surface area contributed by atoms with E-state index in [4.69, 9.17) is 23.2 Å². The Morgan fingerprint density at radius 2 is 2.00 bits per heavy atom. The highest BCUT2D eigenvalue weighted by atomic mass is 35.5. The van der Waals surface area contributed by atoms with Gasteiger partial charge in [0.2, 0.25) is 5.69 Å². The maximum absolute atomic E-state index is 12.6. The molecule has 1 aromatic carbocycles. The molecule has 2 heterocycles. The second kappa shape index (κ2) is 7.61. The van der Waals surface area contributed by atoms with Crippen LogP contribution < -0.4 is 5.32 Å². The highest BCUT2D eigenvalue weighted by molar-refractivity contribution is 6.42. The van der Waals surface area contributed by atoms with E-state index >= 15 is 0 Å². The number of anilines is 1. The number of amides is 1. The van der Waals surface area contributed by atoms with Crippen LogP contribution in [0, 0.1) is 24.0 Å². The minimum atomic E-state index is -0.644. The normalized spacial score (nSPS) is 10.9. The zero-order valence-electron chi connectivity index (χ0n) is 15.2. The number of rotatable bonds is 5. The molecule has 146 valence electrons. The first-order chi connectivity index (χ1) is 13.2. The lowest BCUT2D eigenvalue weighted by molar-refractivity contribution is -0.385. The van der Waals surface area contributed by atoms with E-state index in [1.165, 1.54) is 7.05 Å². The van der Waals surface area contributed by atoms with Gasteiger partial charge in [-0.15, -0.1) is 0 Å². The van der Waals surface area contributed by atoms with E-state index in [1.807, 2.05) is 6.07 Å². The largest absolute Gasteiger partial charge is 0.320 e. The molecule has 0 aliphatic carbocycles. The standard InChI is InChI=1S/C17H16Cl2N6O3/c1-9-15(21-17(26)16-14(25(27)28)7-20-23(16)3)10(2)24(22-9)8-11-4-5-12(18)13(19)6-11/h4-7H,8H2,1-3H3,(H,21,26). The number of nitrogens with zero attached hydrogens (tertiary/aromatic N) is 5. The van der Waals surface area contributed by atoms with Crippen molar-refractivity contribution < 1.29 is 9.72 Å². The smallest absolute Gasteiger partial charge is 0.317 e. The molecule has 0 saturated carbocycles. The number of aryl methyl sites for hydroxylation is 2. The highest BCUT2D eigenvalue weighted by Gasteiger charge is 2.27. The van der Waals surface area contributed by atoms with Gasteiger partial charge in [0.1, 0.15) is 6.20 Å². The lowest BCUT2D eigenvalue weighted by Crippen LogP contribution is -2.18. The molecule has 0 atom stereocenters. The summed E-state index contributed by atoms with van der Waals surface area (Å²) >= 11 is 12.0. The monoisotopic (exact) mass is 422 g/mol. The lowest BCUT2D eigenvalue weighted by Gasteiger charge is -2.08. The molecule has 0 saturated heterocycles. The van der Waals surface area contributed by atoms with E-state index in [9.17, 15) is 14.9 Å². The molecule has 0 fully saturated rings. The van der Waals surface area contributed by atoms with Gasteiger partial charge in [-0.05, 0) is 31.5 Å². The van der Waals surface area contributed by atoms with Gasteiger partial charge >= 0.3 is 5.69 Å². The van der Waals surface area contributed by atoms with Crippen LogP contribution in [0.2, 0.25) is 10.0 Å². The van der Waals surface area contributed by atoms with Crippen molar-refractivity contribution in [3.05, 3.63) is 67.2 Å². The Balaban J connectivity index is 1.88. The van der Waals surface area contributed by atoms with Crippen molar-refractivity contribution >= 4 is 40.5 Å². The number of hydrogen-bond donors (Lipinski definition) is 1. The number of aromatic nitrogens is 4. The van der Waals surface area contributed by atoms with Crippen molar-refractivity contribution in [3.63, 3.8) is 0 Å². The highest BCUT2D eigenvalue weighted by Crippen LogP contribution is 2.26. The van der Waals surface area contributed by atoms with E-state index in [-0.39, 0.29) is 11.4 Å². The Hall–Kier alpha value is -2.91. The van der Waals surface area contributed by atoms with Crippen LogP contribution in [0.25, 0.3) is 0 Å². The van der Waals surface area contributed by atoms with Crippen molar-refractivity contribution in [2.24, 2.45) is 7.05 Å². The quantitative estimate of drug-likeness (QED) is 0.497. The third kappa shape index (κ3) is 3.71. The molecular formula is C17H16Cl2N6O3. The van der Waals surface area contributed by atoms with E-state index in [2.05, 4.69) is 15.5 Å². The van der Waals surface area contributed by atoms with Gasteiger partial charge in [0, 0.05) is 7.05 Å². The molecular weight excluding hydrogens is 407 g/mol. The Morgan fingerprint density at radius 3 is 2.64 bits per heavy atom. The molecule has 0 bridgehead atoms. The molecule has 3 aromatic rings. The summed E-state index contributed by atoms with van der Waals surface area (Å²) in [5.74, 6) is -0.632. The van der Waals surface area contributed by atoms with E-state index < -0.39 is 10.8 Å². The van der Waals surface area contributed by atoms with E-state index in [0.29, 0.717) is 33.7 Å². The van der Waals surface area contributed by atoms with Crippen molar-refractivity contribution in [3.8, 4) is 0 Å². The molecule has 1 N–H and O–H groups in total. The SMILES string of the molecule is Cc1nn(Cc2ccc(Cl)c(Cl)c2)c(C)c1NC(=O)c1c([N+](=O)[O-])cnn1C. The molecule has 2 aromatic heterocycles. The average Bonchev–Trinajstić information content (AvgIpc) is 3.13. The topological polar surface area (TPSA) is 108 Å². The minimum absolute atomic E-state index is 0.138. The molecule has 0 radical (unpaired) electrons. The number of nitrogens with one attached hydrogen (secondary N) is 1. The van der Waals surface area contributed by atoms with Gasteiger partial charge < -0.3 is 5.32 Å². The maximum Gasteiger partial charge on any atom is 0.320 e. The van der Waals surface area contributed by atoms with Gasteiger partial charge in [-0.1, -0.05) is 29.3 Å². The first kappa shape index (κ1) is 19.8. The summed E-state index contributed by atoms with van der Waals surface area (Å²) in [6.07, 6.45) is 1.04. The number of hydrogen-bond acceptors (Lipinski definition) is 5. The molecule has 28 heavy (non-hydrogen) atoms. The predicted octanol–water partition coefficient (Wildman–Crippen LogP) is 3.75. The van der Waals surface area contributed by atoms with Crippen LogP contribution in [-0.2, 0) is 13.6 Å². The summed E-state index contributed by atoms with van der Waals surface area (Å²) in [4.78, 5) is 23.1. The Labute approximate surface area is 170 Å². The summed E-state index contributed by atoms with van der Waals surface area (Å²) in [5.41, 5.74) is 2.15. The minimum Gasteiger partial charge on any atom is -0.317 e. The molecule has 0 aliphatic rings. The van der Waals surface area contributed by atoms with Gasteiger partial charge in [-0.25, -0.2) is 0 Å². The van der Waals surface area contributed by atoms with Crippen LogP contribution in [0.15, 0.2) is 24.4 Å². The van der Waals surface area contributed by atoms with Crippen LogP contribution in [0.1, 0.15) is 27.4 Å². The van der Waals surface area contributed by atoms with Gasteiger partial charge in [-0.2, -0.15) is 10.2 Å². The van der Waals surface area contributed by atoms with Crippen LogP contribution in [0.5, 0.6) is 0 Å². The number of carbonyl (C=O) groups excluding carboxylic acids is 1. The maximum atomic E-state index is 12.6. The summed E-state index contributed by atoms with van der Waals surface area (Å²) in [6, 6.07) is 5.29. The number of halogens is 2. The zero-order chi connectivity index (χ0) is 20.6. The molecule has 0 aliphatic heterocycles. The first-order valence-corrected chi connectivity index (χ1v) is 8.90. The van der Waals surface area contributed by atoms with Crippen molar-refractivity contribution in [1.82, 2.24) is 19.6 Å². The Bertz CT molecular complexity index is 1090. The zero-order valence-corrected chi connectivity index (χ0v) is 16.7.